The van der Waals surface area contributed by atoms with Gasteiger partial charge in [0.05, 0.1) is 6.26 Å². The zero-order valence-electron chi connectivity index (χ0n) is 11.7. The highest BCUT2D eigenvalue weighted by Gasteiger charge is 2.25. The normalized spacial score (nSPS) is 19.6. The van der Waals surface area contributed by atoms with E-state index in [-0.39, 0.29) is 17.9 Å². The molecule has 3 heteroatoms. The first-order valence-corrected chi connectivity index (χ1v) is 7.36. The van der Waals surface area contributed by atoms with Gasteiger partial charge in [-0.3, -0.25) is 0 Å². The minimum absolute atomic E-state index is 0.0436. The summed E-state index contributed by atoms with van der Waals surface area (Å²) in [4.78, 5) is 0. The molecule has 0 aliphatic heterocycles. The SMILES string of the molecule is CCC(NC1CCCc2occc21)c1ccccc1F. The van der Waals surface area contributed by atoms with Gasteiger partial charge >= 0.3 is 0 Å². The van der Waals surface area contributed by atoms with Crippen molar-refractivity contribution < 1.29 is 8.81 Å². The van der Waals surface area contributed by atoms with Gasteiger partial charge in [-0.05, 0) is 31.4 Å². The first kappa shape index (κ1) is 13.4. The quantitative estimate of drug-likeness (QED) is 0.885. The Labute approximate surface area is 119 Å². The van der Waals surface area contributed by atoms with Crippen LogP contribution >= 0.6 is 0 Å². The van der Waals surface area contributed by atoms with Crippen LogP contribution in [0.15, 0.2) is 41.0 Å². The molecule has 20 heavy (non-hydrogen) atoms. The summed E-state index contributed by atoms with van der Waals surface area (Å²) in [5.74, 6) is 0.951. The van der Waals surface area contributed by atoms with Crippen LogP contribution < -0.4 is 5.32 Å². The summed E-state index contributed by atoms with van der Waals surface area (Å²) < 4.78 is 19.5. The van der Waals surface area contributed by atoms with E-state index in [1.165, 1.54) is 11.6 Å². The van der Waals surface area contributed by atoms with Crippen molar-refractivity contribution in [2.45, 2.75) is 44.7 Å². The second kappa shape index (κ2) is 5.80. The molecule has 1 aromatic carbocycles. The van der Waals surface area contributed by atoms with E-state index in [1.807, 2.05) is 18.2 Å². The van der Waals surface area contributed by atoms with Crippen molar-refractivity contribution in [2.24, 2.45) is 0 Å². The van der Waals surface area contributed by atoms with Crippen LogP contribution in [0.4, 0.5) is 4.39 Å². The van der Waals surface area contributed by atoms with E-state index in [9.17, 15) is 4.39 Å². The number of nitrogens with one attached hydrogen (secondary N) is 1. The number of fused-ring (bicyclic) bond motifs is 1. The summed E-state index contributed by atoms with van der Waals surface area (Å²) >= 11 is 0. The number of rotatable bonds is 4. The van der Waals surface area contributed by atoms with Gasteiger partial charge in [0.25, 0.3) is 0 Å². The van der Waals surface area contributed by atoms with Gasteiger partial charge in [-0.2, -0.15) is 0 Å². The van der Waals surface area contributed by atoms with Gasteiger partial charge in [-0.1, -0.05) is 25.1 Å². The van der Waals surface area contributed by atoms with Crippen molar-refractivity contribution in [1.82, 2.24) is 5.32 Å². The molecule has 1 aliphatic rings. The molecule has 0 saturated carbocycles. The van der Waals surface area contributed by atoms with Gasteiger partial charge in [-0.25, -0.2) is 4.39 Å². The Hall–Kier alpha value is -1.61. The summed E-state index contributed by atoms with van der Waals surface area (Å²) in [7, 11) is 0. The monoisotopic (exact) mass is 273 g/mol. The van der Waals surface area contributed by atoms with E-state index >= 15 is 0 Å². The smallest absolute Gasteiger partial charge is 0.127 e. The van der Waals surface area contributed by atoms with Gasteiger partial charge in [0, 0.05) is 29.6 Å². The van der Waals surface area contributed by atoms with Crippen LogP contribution in [0.3, 0.4) is 0 Å². The zero-order chi connectivity index (χ0) is 13.9. The number of halogens is 1. The highest BCUT2D eigenvalue weighted by molar-refractivity contribution is 5.26. The standard InChI is InChI=1S/C17H20FNO/c1-2-15(12-6-3-4-7-14(12)18)19-16-8-5-9-17-13(16)10-11-20-17/h3-4,6-7,10-11,15-16,19H,2,5,8-9H2,1H3. The van der Waals surface area contributed by atoms with Crippen LogP contribution in [0, 0.1) is 5.82 Å². The predicted molar refractivity (Wildman–Crippen MR) is 77.0 cm³/mol. The molecule has 1 N–H and O–H groups in total. The van der Waals surface area contributed by atoms with Crippen molar-refractivity contribution in [3.05, 3.63) is 59.3 Å². The van der Waals surface area contributed by atoms with E-state index in [1.54, 1.807) is 12.3 Å². The summed E-state index contributed by atoms with van der Waals surface area (Å²) in [5, 5.41) is 3.61. The molecule has 3 rings (SSSR count). The Morgan fingerprint density at radius 2 is 2.20 bits per heavy atom. The summed E-state index contributed by atoms with van der Waals surface area (Å²) in [6, 6.07) is 9.39. The maximum Gasteiger partial charge on any atom is 0.127 e. The van der Waals surface area contributed by atoms with Crippen molar-refractivity contribution in [3.8, 4) is 0 Å². The molecule has 1 aromatic heterocycles. The Kier molecular flexibility index (Phi) is 3.88. The van der Waals surface area contributed by atoms with Crippen LogP contribution in [0.1, 0.15) is 55.2 Å². The van der Waals surface area contributed by atoms with Crippen LogP contribution in [-0.4, -0.2) is 0 Å². The minimum atomic E-state index is -0.130. The molecule has 1 heterocycles. The molecule has 1 aliphatic carbocycles. The summed E-state index contributed by atoms with van der Waals surface area (Å²) in [5.41, 5.74) is 2.00. The molecule has 2 aromatic rings. The zero-order valence-corrected chi connectivity index (χ0v) is 11.7. The van der Waals surface area contributed by atoms with E-state index in [0.29, 0.717) is 0 Å². The molecule has 2 atom stereocenters. The van der Waals surface area contributed by atoms with Gasteiger partial charge in [0.2, 0.25) is 0 Å². The van der Waals surface area contributed by atoms with Crippen molar-refractivity contribution in [2.75, 3.05) is 0 Å². The maximum atomic E-state index is 14.0. The summed E-state index contributed by atoms with van der Waals surface area (Å²) in [6.07, 6.45) is 5.83. The third kappa shape index (κ3) is 2.50. The topological polar surface area (TPSA) is 25.2 Å². The van der Waals surface area contributed by atoms with Crippen molar-refractivity contribution >= 4 is 0 Å². The van der Waals surface area contributed by atoms with Gasteiger partial charge in [-0.15, -0.1) is 0 Å². The fourth-order valence-electron chi connectivity index (χ4n) is 3.09. The average Bonchev–Trinajstić information content (AvgIpc) is 2.95. The van der Waals surface area contributed by atoms with E-state index < -0.39 is 0 Å². The molecule has 0 amide bonds. The number of hydrogen-bond acceptors (Lipinski definition) is 2. The Bertz CT molecular complexity index is 578. The highest BCUT2D eigenvalue weighted by atomic mass is 19.1. The van der Waals surface area contributed by atoms with E-state index in [0.717, 1.165) is 37.0 Å². The van der Waals surface area contributed by atoms with Gasteiger partial charge < -0.3 is 9.73 Å². The van der Waals surface area contributed by atoms with Crippen molar-refractivity contribution in [3.63, 3.8) is 0 Å². The molecule has 2 nitrogen and oxygen atoms in total. The lowest BCUT2D eigenvalue weighted by atomic mass is 9.91. The Balaban J connectivity index is 1.82. The molecule has 0 fully saturated rings. The third-order valence-corrected chi connectivity index (χ3v) is 4.14. The lowest BCUT2D eigenvalue weighted by Crippen LogP contribution is -2.29. The first-order valence-electron chi connectivity index (χ1n) is 7.36. The van der Waals surface area contributed by atoms with E-state index in [2.05, 4.69) is 12.2 Å². The Morgan fingerprint density at radius 3 is 3.00 bits per heavy atom. The second-order valence-corrected chi connectivity index (χ2v) is 5.39. The van der Waals surface area contributed by atoms with Crippen molar-refractivity contribution in [1.29, 1.82) is 0 Å². The largest absolute Gasteiger partial charge is 0.469 e. The fourth-order valence-corrected chi connectivity index (χ4v) is 3.09. The maximum absolute atomic E-state index is 14.0. The molecule has 0 saturated heterocycles. The Morgan fingerprint density at radius 1 is 1.35 bits per heavy atom. The van der Waals surface area contributed by atoms with Crippen LogP contribution in [-0.2, 0) is 6.42 Å². The van der Waals surface area contributed by atoms with E-state index in [4.69, 9.17) is 4.42 Å². The lowest BCUT2D eigenvalue weighted by molar-refractivity contribution is 0.365. The summed E-state index contributed by atoms with van der Waals surface area (Å²) in [6.45, 7) is 2.09. The minimum Gasteiger partial charge on any atom is -0.469 e. The lowest BCUT2D eigenvalue weighted by Gasteiger charge is -2.28. The fraction of sp³-hybridized carbons (Fsp3) is 0.412. The molecule has 0 bridgehead atoms. The molecular weight excluding hydrogens is 253 g/mol. The van der Waals surface area contributed by atoms with Crippen LogP contribution in [0.2, 0.25) is 0 Å². The van der Waals surface area contributed by atoms with Crippen LogP contribution in [0.25, 0.3) is 0 Å². The molecule has 0 spiro atoms. The van der Waals surface area contributed by atoms with Gasteiger partial charge in [0.1, 0.15) is 11.6 Å². The van der Waals surface area contributed by atoms with Crippen LogP contribution in [0.5, 0.6) is 0 Å². The average molecular weight is 273 g/mol. The molecular formula is C17H20FNO. The first-order chi connectivity index (χ1) is 9.79. The number of benzene rings is 1. The number of furan rings is 1. The van der Waals surface area contributed by atoms with Gasteiger partial charge in [0.15, 0.2) is 0 Å². The second-order valence-electron chi connectivity index (χ2n) is 5.39. The number of aryl methyl sites for hydroxylation is 1. The molecule has 2 unspecified atom stereocenters. The molecule has 106 valence electrons. The molecule has 0 radical (unpaired) electrons. The third-order valence-electron chi connectivity index (χ3n) is 4.14. The number of hydrogen-bond donors (Lipinski definition) is 1. The highest BCUT2D eigenvalue weighted by Crippen LogP contribution is 2.33. The predicted octanol–water partition coefficient (Wildman–Crippen LogP) is 4.54.